The van der Waals surface area contributed by atoms with Gasteiger partial charge >= 0.3 is 6.03 Å². The molecular weight excluding hydrogens is 394 g/mol. The van der Waals surface area contributed by atoms with E-state index >= 15 is 0 Å². The first-order valence-corrected chi connectivity index (χ1v) is 9.73. The number of rotatable bonds is 6. The lowest BCUT2D eigenvalue weighted by molar-refractivity contribution is -0.135. The third-order valence-corrected chi connectivity index (χ3v) is 5.23. The minimum Gasteiger partial charge on any atom is -0.497 e. The lowest BCUT2D eigenvalue weighted by Gasteiger charge is -2.38. The molecule has 0 saturated carbocycles. The van der Waals surface area contributed by atoms with E-state index in [2.05, 4.69) is 10.6 Å². The minimum absolute atomic E-state index is 0.0453. The fourth-order valence-corrected chi connectivity index (χ4v) is 3.60. The Labute approximate surface area is 174 Å². The van der Waals surface area contributed by atoms with Crippen LogP contribution in [0.3, 0.4) is 0 Å². The Morgan fingerprint density at radius 2 is 1.90 bits per heavy atom. The summed E-state index contributed by atoms with van der Waals surface area (Å²) in [5.74, 6) is 0.498. The van der Waals surface area contributed by atoms with Crippen molar-refractivity contribution in [3.05, 3.63) is 59.1 Å². The van der Waals surface area contributed by atoms with Gasteiger partial charge in [0.15, 0.2) is 0 Å². The first-order valence-electron chi connectivity index (χ1n) is 9.36. The number of β-amino-alcohol motifs (C(OH)–C–C–N with tert-alkyl or cyclic N) is 1. The van der Waals surface area contributed by atoms with Crippen LogP contribution in [0.1, 0.15) is 17.9 Å². The SMILES string of the molecule is COc1ccc([C@@H]2CC(=O)N(CCO)C[C@H]2NC(=O)Nc2ccc(Cl)cc2)cc1. The van der Waals surface area contributed by atoms with E-state index in [9.17, 15) is 14.7 Å². The van der Waals surface area contributed by atoms with Gasteiger partial charge in [0, 0.05) is 36.1 Å². The van der Waals surface area contributed by atoms with Gasteiger partial charge in [-0.15, -0.1) is 0 Å². The molecule has 2 atom stereocenters. The first-order chi connectivity index (χ1) is 14.0. The van der Waals surface area contributed by atoms with Gasteiger partial charge in [0.2, 0.25) is 5.91 Å². The molecule has 2 aromatic carbocycles. The van der Waals surface area contributed by atoms with Crippen LogP contribution in [0, 0.1) is 0 Å². The summed E-state index contributed by atoms with van der Waals surface area (Å²) in [5, 5.41) is 15.6. The topological polar surface area (TPSA) is 90.9 Å². The number of halogens is 1. The molecule has 1 heterocycles. The number of aliphatic hydroxyl groups is 1. The van der Waals surface area contributed by atoms with Gasteiger partial charge in [0.25, 0.3) is 0 Å². The smallest absolute Gasteiger partial charge is 0.319 e. The number of benzene rings is 2. The molecule has 154 valence electrons. The maximum absolute atomic E-state index is 12.6. The molecule has 0 aliphatic carbocycles. The highest BCUT2D eigenvalue weighted by Crippen LogP contribution is 2.30. The summed E-state index contributed by atoms with van der Waals surface area (Å²) < 4.78 is 5.20. The molecule has 1 fully saturated rings. The highest BCUT2D eigenvalue weighted by molar-refractivity contribution is 6.30. The number of ether oxygens (including phenoxy) is 1. The third-order valence-electron chi connectivity index (χ3n) is 4.98. The number of piperidine rings is 1. The van der Waals surface area contributed by atoms with E-state index in [4.69, 9.17) is 16.3 Å². The van der Waals surface area contributed by atoms with Crippen LogP contribution >= 0.6 is 11.6 Å². The van der Waals surface area contributed by atoms with Crippen molar-refractivity contribution in [2.45, 2.75) is 18.4 Å². The quantitative estimate of drug-likeness (QED) is 0.674. The molecule has 0 unspecified atom stereocenters. The summed E-state index contributed by atoms with van der Waals surface area (Å²) >= 11 is 5.88. The highest BCUT2D eigenvalue weighted by Gasteiger charge is 2.35. The molecule has 0 spiro atoms. The van der Waals surface area contributed by atoms with Crippen LogP contribution < -0.4 is 15.4 Å². The largest absolute Gasteiger partial charge is 0.497 e. The average Bonchev–Trinajstić information content (AvgIpc) is 2.72. The van der Waals surface area contributed by atoms with E-state index in [1.165, 1.54) is 0 Å². The van der Waals surface area contributed by atoms with Gasteiger partial charge in [0.1, 0.15) is 5.75 Å². The van der Waals surface area contributed by atoms with Gasteiger partial charge in [-0.25, -0.2) is 4.79 Å². The summed E-state index contributed by atoms with van der Waals surface area (Å²) in [6.07, 6.45) is 0.248. The predicted molar refractivity (Wildman–Crippen MR) is 111 cm³/mol. The van der Waals surface area contributed by atoms with E-state index in [1.807, 2.05) is 24.3 Å². The van der Waals surface area contributed by atoms with Crippen LogP contribution in [0.2, 0.25) is 5.02 Å². The van der Waals surface area contributed by atoms with Crippen molar-refractivity contribution in [1.82, 2.24) is 10.2 Å². The fourth-order valence-electron chi connectivity index (χ4n) is 3.48. The van der Waals surface area contributed by atoms with Crippen LogP contribution in [-0.4, -0.2) is 54.8 Å². The van der Waals surface area contributed by atoms with Crippen molar-refractivity contribution in [1.29, 1.82) is 0 Å². The zero-order chi connectivity index (χ0) is 20.8. The number of urea groups is 1. The number of hydrogen-bond donors (Lipinski definition) is 3. The third kappa shape index (κ3) is 5.40. The van der Waals surface area contributed by atoms with Crippen LogP contribution in [0.25, 0.3) is 0 Å². The van der Waals surface area contributed by atoms with Crippen LogP contribution in [-0.2, 0) is 4.79 Å². The number of nitrogens with one attached hydrogen (secondary N) is 2. The number of nitrogens with zero attached hydrogens (tertiary/aromatic N) is 1. The second kappa shape index (κ2) is 9.62. The Morgan fingerprint density at radius 1 is 1.21 bits per heavy atom. The molecule has 29 heavy (non-hydrogen) atoms. The summed E-state index contributed by atoms with van der Waals surface area (Å²) in [5.41, 5.74) is 1.56. The number of likely N-dealkylation sites (tertiary alicyclic amines) is 1. The normalized spacial score (nSPS) is 19.0. The Balaban J connectivity index is 1.76. The Hall–Kier alpha value is -2.77. The van der Waals surface area contributed by atoms with E-state index in [0.717, 1.165) is 11.3 Å². The molecule has 1 aliphatic heterocycles. The number of aliphatic hydroxyl groups excluding tert-OH is 1. The molecule has 3 N–H and O–H groups in total. The van der Waals surface area contributed by atoms with Crippen molar-refractivity contribution in [3.8, 4) is 5.75 Å². The Bertz CT molecular complexity index is 842. The second-order valence-corrected chi connectivity index (χ2v) is 7.30. The number of carbonyl (C=O) groups excluding carboxylic acids is 2. The van der Waals surface area contributed by atoms with Gasteiger partial charge in [-0.3, -0.25) is 4.79 Å². The van der Waals surface area contributed by atoms with Gasteiger partial charge in [-0.1, -0.05) is 23.7 Å². The molecule has 3 amide bonds. The molecule has 3 rings (SSSR count). The Kier molecular flexibility index (Phi) is 6.95. The van der Waals surface area contributed by atoms with Crippen LogP contribution in [0.4, 0.5) is 10.5 Å². The van der Waals surface area contributed by atoms with Crippen molar-refractivity contribution in [2.24, 2.45) is 0 Å². The average molecular weight is 418 g/mol. The molecule has 2 aromatic rings. The lowest BCUT2D eigenvalue weighted by Crippen LogP contribution is -2.55. The molecule has 1 aliphatic rings. The van der Waals surface area contributed by atoms with Gasteiger partial charge < -0.3 is 25.4 Å². The monoisotopic (exact) mass is 417 g/mol. The maximum Gasteiger partial charge on any atom is 0.319 e. The van der Waals surface area contributed by atoms with Gasteiger partial charge in [-0.2, -0.15) is 0 Å². The molecular formula is C21H24ClN3O4. The molecule has 0 radical (unpaired) electrons. The maximum atomic E-state index is 12.6. The van der Waals surface area contributed by atoms with Gasteiger partial charge in [0.05, 0.1) is 19.8 Å². The van der Waals surface area contributed by atoms with Crippen molar-refractivity contribution >= 4 is 29.2 Å². The molecule has 0 aromatic heterocycles. The van der Waals surface area contributed by atoms with Crippen LogP contribution in [0.5, 0.6) is 5.75 Å². The lowest BCUT2D eigenvalue weighted by atomic mass is 9.84. The minimum atomic E-state index is -0.367. The number of hydrogen-bond acceptors (Lipinski definition) is 4. The van der Waals surface area contributed by atoms with Gasteiger partial charge in [-0.05, 0) is 42.0 Å². The number of anilines is 1. The fraction of sp³-hybridized carbons (Fsp3) is 0.333. The zero-order valence-corrected chi connectivity index (χ0v) is 16.9. The number of carbonyl (C=O) groups is 2. The van der Waals surface area contributed by atoms with E-state index in [1.54, 1.807) is 36.3 Å². The molecule has 0 bridgehead atoms. The van der Waals surface area contributed by atoms with Crippen LogP contribution in [0.15, 0.2) is 48.5 Å². The van der Waals surface area contributed by atoms with Crippen molar-refractivity contribution < 1.29 is 19.4 Å². The van der Waals surface area contributed by atoms with Crippen molar-refractivity contribution in [2.75, 3.05) is 32.1 Å². The summed E-state index contributed by atoms with van der Waals surface area (Å²) in [7, 11) is 1.59. The Morgan fingerprint density at radius 3 is 2.52 bits per heavy atom. The van der Waals surface area contributed by atoms with Crippen molar-refractivity contribution in [3.63, 3.8) is 0 Å². The van der Waals surface area contributed by atoms with E-state index in [-0.39, 0.29) is 43.5 Å². The summed E-state index contributed by atoms with van der Waals surface area (Å²) in [6, 6.07) is 13.6. The molecule has 1 saturated heterocycles. The number of amides is 3. The first kappa shape index (κ1) is 21.0. The highest BCUT2D eigenvalue weighted by atomic mass is 35.5. The second-order valence-electron chi connectivity index (χ2n) is 6.86. The molecule has 8 heteroatoms. The number of methoxy groups -OCH3 is 1. The van der Waals surface area contributed by atoms with E-state index < -0.39 is 0 Å². The summed E-state index contributed by atoms with van der Waals surface area (Å²) in [4.78, 5) is 26.6. The standard InChI is InChI=1S/C21H24ClN3O4/c1-29-17-8-2-14(3-9-17)18-12-20(27)25(10-11-26)13-19(18)24-21(28)23-16-6-4-15(22)5-7-16/h2-9,18-19,26H,10-13H2,1H3,(H2,23,24,28)/t18-,19+/m0/s1. The molecule has 7 nitrogen and oxygen atoms in total. The zero-order valence-electron chi connectivity index (χ0n) is 16.1. The predicted octanol–water partition coefficient (Wildman–Crippen LogP) is 2.85. The van der Waals surface area contributed by atoms with E-state index in [0.29, 0.717) is 17.3 Å². The summed E-state index contributed by atoms with van der Waals surface area (Å²) in [6.45, 7) is 0.442.